The maximum atomic E-state index is 9.42. The number of hydrogen-bond donors (Lipinski definition) is 1. The Bertz CT molecular complexity index is 159. The fourth-order valence-electron chi connectivity index (χ4n) is 0.556. The summed E-state index contributed by atoms with van der Waals surface area (Å²) in [7, 11) is 0. The third-order valence-electron chi connectivity index (χ3n) is 0.978. The van der Waals surface area contributed by atoms with Gasteiger partial charge in [-0.3, -0.25) is 0 Å². The molecule has 0 aliphatic carbocycles. The van der Waals surface area contributed by atoms with Crippen molar-refractivity contribution in [3.63, 3.8) is 0 Å². The second kappa shape index (κ2) is 10.4. The Balaban J connectivity index is 0. The van der Waals surface area contributed by atoms with Gasteiger partial charge in [0.25, 0.3) is 0 Å². The zero-order valence-corrected chi connectivity index (χ0v) is 12.9. The first-order chi connectivity index (χ1) is 5.62. The number of ether oxygens (including phenoxy) is 1. The van der Waals surface area contributed by atoms with Crippen molar-refractivity contribution in [2.75, 3.05) is 25.6 Å². The van der Waals surface area contributed by atoms with E-state index in [2.05, 4.69) is 0 Å². The largest absolute Gasteiger partial charge is 0.381 e. The molecule has 1 radical (unpaired) electrons. The van der Waals surface area contributed by atoms with Gasteiger partial charge in [0.05, 0.1) is 13.2 Å². The first-order valence-electron chi connectivity index (χ1n) is 3.82. The Morgan fingerprint density at radius 2 is 2.00 bits per heavy atom. The Labute approximate surface area is 111 Å². The van der Waals surface area contributed by atoms with Crippen LogP contribution in [-0.2, 0) is 21.1 Å². The van der Waals surface area contributed by atoms with Crippen LogP contribution in [0.1, 0.15) is 13.8 Å². The second-order valence-corrected chi connectivity index (χ2v) is 8.22. The van der Waals surface area contributed by atoms with E-state index >= 15 is 0 Å². The molecule has 1 atom stereocenters. The molecule has 1 unspecified atom stereocenters. The molecule has 0 aromatic rings. The van der Waals surface area contributed by atoms with Gasteiger partial charge in [0.15, 0.2) is 0 Å². The van der Waals surface area contributed by atoms with Crippen molar-refractivity contribution in [3.05, 3.63) is 0 Å². The van der Waals surface area contributed by atoms with E-state index in [-0.39, 0.29) is 29.6 Å². The average Bonchev–Trinajstić information content (AvgIpc) is 1.98. The molecule has 0 aliphatic rings. The van der Waals surface area contributed by atoms with Crippen molar-refractivity contribution < 1.29 is 14.2 Å². The second-order valence-electron chi connectivity index (χ2n) is 1.92. The van der Waals surface area contributed by atoms with Gasteiger partial charge in [-0.05, 0) is 25.7 Å². The summed E-state index contributed by atoms with van der Waals surface area (Å²) in [5.74, 6) is 0.696. The molecule has 0 fully saturated rings. The Kier molecular flexibility index (Phi) is 13.8. The van der Waals surface area contributed by atoms with Crippen molar-refractivity contribution in [3.8, 4) is 0 Å². The van der Waals surface area contributed by atoms with Gasteiger partial charge in [-0.1, -0.05) is 11.4 Å². The van der Waals surface area contributed by atoms with E-state index in [1.165, 1.54) is 11.4 Å². The predicted molar refractivity (Wildman–Crippen MR) is 62.8 cm³/mol. The van der Waals surface area contributed by atoms with E-state index in [9.17, 15) is 4.89 Å². The molecule has 0 spiro atoms. The molecular formula is C6H15NaO3PS2. The van der Waals surface area contributed by atoms with E-state index in [1.807, 2.05) is 13.8 Å². The van der Waals surface area contributed by atoms with Crippen LogP contribution in [0.5, 0.6) is 0 Å². The summed E-state index contributed by atoms with van der Waals surface area (Å²) in [6.07, 6.45) is 0. The van der Waals surface area contributed by atoms with Crippen LogP contribution in [0.25, 0.3) is 0 Å². The molecule has 7 heteroatoms. The van der Waals surface area contributed by atoms with E-state index in [1.54, 1.807) is 0 Å². The third kappa shape index (κ3) is 11.8. The molecule has 0 aromatic carbocycles. The minimum atomic E-state index is -2.56. The molecule has 75 valence electrons. The molecule has 0 bridgehead atoms. The fourth-order valence-corrected chi connectivity index (χ4v) is 3.82. The summed E-state index contributed by atoms with van der Waals surface area (Å²) in [6, 6.07) is 0. The SMILES string of the molecule is CCOCCSP(O)(=S)OCC.[Na]. The molecular weight excluding hydrogens is 238 g/mol. The molecule has 0 saturated heterocycles. The summed E-state index contributed by atoms with van der Waals surface area (Å²) in [5, 5.41) is 0. The van der Waals surface area contributed by atoms with Crippen LogP contribution in [0.15, 0.2) is 0 Å². The fraction of sp³-hybridized carbons (Fsp3) is 1.00. The summed E-state index contributed by atoms with van der Waals surface area (Å²) < 4.78 is 10.1. The molecule has 0 amide bonds. The van der Waals surface area contributed by atoms with E-state index in [0.717, 1.165) is 0 Å². The zero-order chi connectivity index (χ0) is 9.45. The Hall–Kier alpha value is 1.88. The monoisotopic (exact) mass is 253 g/mol. The topological polar surface area (TPSA) is 38.7 Å². The van der Waals surface area contributed by atoms with E-state index in [0.29, 0.717) is 25.6 Å². The summed E-state index contributed by atoms with van der Waals surface area (Å²) >= 11 is 6.12. The maximum absolute atomic E-state index is 9.42. The first-order valence-corrected chi connectivity index (χ1v) is 8.08. The average molecular weight is 253 g/mol. The van der Waals surface area contributed by atoms with E-state index in [4.69, 9.17) is 21.1 Å². The van der Waals surface area contributed by atoms with Gasteiger partial charge in [-0.15, -0.1) is 0 Å². The molecule has 0 heterocycles. The van der Waals surface area contributed by atoms with Crippen molar-refractivity contribution in [1.29, 1.82) is 0 Å². The Morgan fingerprint density at radius 3 is 2.46 bits per heavy atom. The molecule has 13 heavy (non-hydrogen) atoms. The van der Waals surface area contributed by atoms with Crippen LogP contribution in [0.3, 0.4) is 0 Å². The number of rotatable bonds is 7. The van der Waals surface area contributed by atoms with E-state index < -0.39 is 5.69 Å². The van der Waals surface area contributed by atoms with Gasteiger partial charge in [-0.25, -0.2) is 0 Å². The van der Waals surface area contributed by atoms with Gasteiger partial charge < -0.3 is 14.2 Å². The summed E-state index contributed by atoms with van der Waals surface area (Å²) in [5.41, 5.74) is -2.56. The third-order valence-corrected chi connectivity index (χ3v) is 5.35. The van der Waals surface area contributed by atoms with Crippen LogP contribution in [-0.4, -0.2) is 60.0 Å². The van der Waals surface area contributed by atoms with Gasteiger partial charge >= 0.3 is 0 Å². The minimum Gasteiger partial charge on any atom is -0.381 e. The predicted octanol–water partition coefficient (Wildman–Crippen LogP) is 1.63. The smallest absolute Gasteiger partial charge is 0.244 e. The zero-order valence-electron chi connectivity index (χ0n) is 8.36. The van der Waals surface area contributed by atoms with Crippen molar-refractivity contribution in [2.45, 2.75) is 13.8 Å². The molecule has 0 saturated carbocycles. The molecule has 3 nitrogen and oxygen atoms in total. The standard InChI is InChI=1S/C6H15O3PS2.Na/c1-3-8-5-6-12-10(7,11)9-4-2;/h3-6H2,1-2H3,(H,7,11);. The van der Waals surface area contributed by atoms with Crippen LogP contribution in [0.4, 0.5) is 0 Å². The van der Waals surface area contributed by atoms with Crippen molar-refractivity contribution in [1.82, 2.24) is 0 Å². The maximum Gasteiger partial charge on any atom is 0.244 e. The molecule has 1 N–H and O–H groups in total. The number of hydrogen-bond acceptors (Lipinski definition) is 4. The quantitative estimate of drug-likeness (QED) is 0.424. The molecule has 0 aliphatic heterocycles. The first kappa shape index (κ1) is 17.3. The minimum absolute atomic E-state index is 0. The normalized spacial score (nSPS) is 14.7. The molecule has 0 aromatic heterocycles. The van der Waals surface area contributed by atoms with Crippen LogP contribution >= 0.6 is 17.1 Å². The van der Waals surface area contributed by atoms with Gasteiger partial charge in [0.1, 0.15) is 0 Å². The summed E-state index contributed by atoms with van der Waals surface area (Å²) in [4.78, 5) is 9.42. The van der Waals surface area contributed by atoms with Crippen molar-refractivity contribution >= 4 is 58.4 Å². The van der Waals surface area contributed by atoms with Gasteiger partial charge in [-0.2, -0.15) is 0 Å². The van der Waals surface area contributed by atoms with Crippen LogP contribution in [0.2, 0.25) is 0 Å². The summed E-state index contributed by atoms with van der Waals surface area (Å²) in [6.45, 7) is 5.54. The Morgan fingerprint density at radius 1 is 1.38 bits per heavy atom. The molecule has 0 rings (SSSR count). The van der Waals surface area contributed by atoms with Gasteiger partial charge in [0.2, 0.25) is 5.69 Å². The van der Waals surface area contributed by atoms with Gasteiger partial charge in [0, 0.05) is 41.9 Å². The van der Waals surface area contributed by atoms with Crippen LogP contribution < -0.4 is 0 Å². The van der Waals surface area contributed by atoms with Crippen molar-refractivity contribution in [2.24, 2.45) is 0 Å². The van der Waals surface area contributed by atoms with Crippen LogP contribution in [0, 0.1) is 0 Å².